The minimum absolute atomic E-state index is 0.00656. The van der Waals surface area contributed by atoms with Crippen LogP contribution in [-0.4, -0.2) is 22.8 Å². The number of benzene rings is 2. The predicted molar refractivity (Wildman–Crippen MR) is 101 cm³/mol. The van der Waals surface area contributed by atoms with E-state index in [2.05, 4.69) is 4.99 Å². The molecule has 1 aliphatic rings. The maximum absolute atomic E-state index is 12.1. The SMILES string of the molecule is CCC(=O)Oc1cccc(/C=C2\N=C(c3ccc(C)c([N+](=O)[O-])c3)OC2=O)c1. The summed E-state index contributed by atoms with van der Waals surface area (Å²) in [5.74, 6) is -0.695. The van der Waals surface area contributed by atoms with Crippen LogP contribution in [0, 0.1) is 17.0 Å². The lowest BCUT2D eigenvalue weighted by Gasteiger charge is -2.03. The summed E-state index contributed by atoms with van der Waals surface area (Å²) in [5.41, 5.74) is 1.37. The number of hydrogen-bond donors (Lipinski definition) is 0. The van der Waals surface area contributed by atoms with Gasteiger partial charge in [0.05, 0.1) is 4.92 Å². The summed E-state index contributed by atoms with van der Waals surface area (Å²) in [4.78, 5) is 38.3. The molecule has 0 bridgehead atoms. The second-order valence-corrected chi connectivity index (χ2v) is 5.99. The highest BCUT2D eigenvalue weighted by Gasteiger charge is 2.25. The number of aryl methyl sites for hydroxylation is 1. The Kier molecular flexibility index (Phi) is 5.30. The number of cyclic esters (lactones) is 1. The zero-order valence-electron chi connectivity index (χ0n) is 15.2. The fourth-order valence-electron chi connectivity index (χ4n) is 2.50. The average molecular weight is 380 g/mol. The minimum atomic E-state index is -0.672. The number of hydrogen-bond acceptors (Lipinski definition) is 7. The van der Waals surface area contributed by atoms with Gasteiger partial charge in [-0.15, -0.1) is 0 Å². The minimum Gasteiger partial charge on any atom is -0.427 e. The lowest BCUT2D eigenvalue weighted by molar-refractivity contribution is -0.385. The summed E-state index contributed by atoms with van der Waals surface area (Å²) in [7, 11) is 0. The quantitative estimate of drug-likeness (QED) is 0.258. The largest absolute Gasteiger partial charge is 0.427 e. The Labute approximate surface area is 160 Å². The fraction of sp³-hybridized carbons (Fsp3) is 0.150. The van der Waals surface area contributed by atoms with Gasteiger partial charge in [-0.3, -0.25) is 14.9 Å². The third kappa shape index (κ3) is 4.12. The number of nitrogens with zero attached hydrogens (tertiary/aromatic N) is 2. The van der Waals surface area contributed by atoms with E-state index in [1.165, 1.54) is 12.1 Å². The van der Waals surface area contributed by atoms with Gasteiger partial charge in [-0.05, 0) is 36.8 Å². The van der Waals surface area contributed by atoms with Gasteiger partial charge in [-0.1, -0.05) is 25.1 Å². The first-order valence-electron chi connectivity index (χ1n) is 8.46. The molecule has 0 saturated carbocycles. The standard InChI is InChI=1S/C20H16N2O6/c1-3-18(23)27-15-6-4-5-13(9-15)10-16-20(24)28-19(21-16)14-8-7-12(2)17(11-14)22(25)26/h4-11H,3H2,1-2H3/b16-10-. The van der Waals surface area contributed by atoms with Gasteiger partial charge in [0.2, 0.25) is 5.90 Å². The number of carbonyl (C=O) groups excluding carboxylic acids is 2. The number of esters is 2. The molecule has 0 radical (unpaired) electrons. The van der Waals surface area contributed by atoms with Crippen LogP contribution in [0.15, 0.2) is 53.2 Å². The number of carbonyl (C=O) groups is 2. The maximum atomic E-state index is 12.1. The topological polar surface area (TPSA) is 108 Å². The summed E-state index contributed by atoms with van der Waals surface area (Å²) in [6, 6.07) is 11.1. The van der Waals surface area contributed by atoms with Crippen molar-refractivity contribution in [1.29, 1.82) is 0 Å². The Bertz CT molecular complexity index is 1040. The Morgan fingerprint density at radius 2 is 2.07 bits per heavy atom. The zero-order chi connectivity index (χ0) is 20.3. The van der Waals surface area contributed by atoms with Crippen molar-refractivity contribution in [3.05, 3.63) is 75.0 Å². The fourth-order valence-corrected chi connectivity index (χ4v) is 2.50. The molecule has 0 amide bonds. The monoisotopic (exact) mass is 380 g/mol. The van der Waals surface area contributed by atoms with E-state index in [1.54, 1.807) is 50.2 Å². The lowest BCUT2D eigenvalue weighted by atomic mass is 10.1. The Morgan fingerprint density at radius 3 is 2.79 bits per heavy atom. The van der Waals surface area contributed by atoms with Crippen LogP contribution in [0.5, 0.6) is 5.75 Å². The number of nitro groups is 1. The molecule has 0 aromatic heterocycles. The van der Waals surface area contributed by atoms with Crippen molar-refractivity contribution in [3.63, 3.8) is 0 Å². The van der Waals surface area contributed by atoms with E-state index in [9.17, 15) is 19.7 Å². The van der Waals surface area contributed by atoms with Crippen LogP contribution in [0.3, 0.4) is 0 Å². The number of aliphatic imine (C=N–C) groups is 1. The first-order valence-corrected chi connectivity index (χ1v) is 8.46. The van der Waals surface area contributed by atoms with Crippen LogP contribution in [0.25, 0.3) is 6.08 Å². The van der Waals surface area contributed by atoms with Crippen molar-refractivity contribution < 1.29 is 24.0 Å². The second-order valence-electron chi connectivity index (χ2n) is 5.99. The van der Waals surface area contributed by atoms with E-state index in [4.69, 9.17) is 9.47 Å². The highest BCUT2D eigenvalue weighted by Crippen LogP contribution is 2.25. The van der Waals surface area contributed by atoms with E-state index in [-0.39, 0.29) is 29.7 Å². The van der Waals surface area contributed by atoms with Gasteiger partial charge in [0.15, 0.2) is 5.70 Å². The zero-order valence-corrected chi connectivity index (χ0v) is 15.2. The molecule has 142 valence electrons. The molecule has 28 heavy (non-hydrogen) atoms. The van der Waals surface area contributed by atoms with Crippen LogP contribution in [0.2, 0.25) is 0 Å². The van der Waals surface area contributed by atoms with Crippen LogP contribution in [0.4, 0.5) is 5.69 Å². The molecule has 1 aliphatic heterocycles. The first kappa shape index (κ1) is 19.0. The van der Waals surface area contributed by atoms with Gasteiger partial charge in [0.1, 0.15) is 5.75 Å². The van der Waals surface area contributed by atoms with E-state index in [0.717, 1.165) is 0 Å². The molecule has 8 heteroatoms. The predicted octanol–water partition coefficient (Wildman–Crippen LogP) is 3.56. The van der Waals surface area contributed by atoms with Gasteiger partial charge in [-0.25, -0.2) is 9.79 Å². The summed E-state index contributed by atoms with van der Waals surface area (Å²) in [6.45, 7) is 3.31. The summed E-state index contributed by atoms with van der Waals surface area (Å²) in [6.07, 6.45) is 1.73. The molecular formula is C20H16N2O6. The van der Waals surface area contributed by atoms with Crippen molar-refractivity contribution >= 4 is 29.6 Å². The van der Waals surface area contributed by atoms with Crippen molar-refractivity contribution in [3.8, 4) is 5.75 Å². The molecule has 0 fully saturated rings. The van der Waals surface area contributed by atoms with Crippen molar-refractivity contribution in [2.75, 3.05) is 0 Å². The average Bonchev–Trinajstić information content (AvgIpc) is 3.02. The van der Waals surface area contributed by atoms with Gasteiger partial charge in [0, 0.05) is 23.6 Å². The highest BCUT2D eigenvalue weighted by atomic mass is 16.6. The summed E-state index contributed by atoms with van der Waals surface area (Å²) >= 11 is 0. The molecule has 0 unspecified atom stereocenters. The Balaban J connectivity index is 1.90. The van der Waals surface area contributed by atoms with E-state index in [0.29, 0.717) is 22.4 Å². The van der Waals surface area contributed by atoms with E-state index in [1.807, 2.05) is 0 Å². The first-order chi connectivity index (χ1) is 13.4. The van der Waals surface area contributed by atoms with Gasteiger partial charge in [-0.2, -0.15) is 0 Å². The number of nitro benzene ring substituents is 1. The molecule has 0 aliphatic carbocycles. The Hall–Kier alpha value is -3.81. The molecule has 0 atom stereocenters. The van der Waals surface area contributed by atoms with Crippen LogP contribution in [0.1, 0.15) is 30.0 Å². The molecule has 2 aromatic carbocycles. The third-order valence-electron chi connectivity index (χ3n) is 3.96. The van der Waals surface area contributed by atoms with Crippen molar-refractivity contribution in [2.24, 2.45) is 4.99 Å². The Morgan fingerprint density at radius 1 is 1.29 bits per heavy atom. The normalized spacial score (nSPS) is 14.6. The third-order valence-corrected chi connectivity index (χ3v) is 3.96. The maximum Gasteiger partial charge on any atom is 0.363 e. The van der Waals surface area contributed by atoms with Gasteiger partial charge in [0.25, 0.3) is 5.69 Å². The smallest absolute Gasteiger partial charge is 0.363 e. The van der Waals surface area contributed by atoms with E-state index >= 15 is 0 Å². The molecule has 2 aromatic rings. The summed E-state index contributed by atoms with van der Waals surface area (Å²) < 4.78 is 10.3. The lowest BCUT2D eigenvalue weighted by Crippen LogP contribution is -2.06. The van der Waals surface area contributed by atoms with Crippen molar-refractivity contribution in [1.82, 2.24) is 0 Å². The summed E-state index contributed by atoms with van der Waals surface area (Å²) in [5, 5.41) is 11.1. The molecule has 0 spiro atoms. The molecule has 3 rings (SSSR count). The van der Waals surface area contributed by atoms with Crippen LogP contribution >= 0.6 is 0 Å². The second kappa shape index (κ2) is 7.83. The molecule has 0 saturated heterocycles. The molecular weight excluding hydrogens is 364 g/mol. The highest BCUT2D eigenvalue weighted by molar-refractivity contribution is 6.13. The molecule has 8 nitrogen and oxygen atoms in total. The van der Waals surface area contributed by atoms with Crippen molar-refractivity contribution in [2.45, 2.75) is 20.3 Å². The van der Waals surface area contributed by atoms with Gasteiger partial charge >= 0.3 is 11.9 Å². The number of rotatable bonds is 5. The molecule has 0 N–H and O–H groups in total. The van der Waals surface area contributed by atoms with Crippen LogP contribution in [-0.2, 0) is 14.3 Å². The number of ether oxygens (including phenoxy) is 2. The molecule has 1 heterocycles. The van der Waals surface area contributed by atoms with Crippen LogP contribution < -0.4 is 4.74 Å². The van der Waals surface area contributed by atoms with Gasteiger partial charge < -0.3 is 9.47 Å². The van der Waals surface area contributed by atoms with E-state index < -0.39 is 10.9 Å².